The van der Waals surface area contributed by atoms with Gasteiger partial charge in [-0.15, -0.1) is 0 Å². The number of nitrogens with zero attached hydrogens (tertiary/aromatic N) is 3. The Bertz CT molecular complexity index is 944. The van der Waals surface area contributed by atoms with Gasteiger partial charge in [0.15, 0.2) is 5.16 Å². The van der Waals surface area contributed by atoms with E-state index in [2.05, 4.69) is 16.4 Å². The van der Waals surface area contributed by atoms with Gasteiger partial charge in [-0.2, -0.15) is 5.26 Å². The third-order valence-corrected chi connectivity index (χ3v) is 4.94. The van der Waals surface area contributed by atoms with Crippen molar-refractivity contribution in [1.82, 2.24) is 9.55 Å². The number of para-hydroxylation sites is 1. The van der Waals surface area contributed by atoms with Crippen LogP contribution < -0.4 is 5.32 Å². The zero-order chi connectivity index (χ0) is 18.4. The third kappa shape index (κ3) is 4.13. The van der Waals surface area contributed by atoms with Crippen LogP contribution in [-0.4, -0.2) is 21.2 Å². The molecule has 1 heterocycles. The van der Waals surface area contributed by atoms with E-state index in [9.17, 15) is 4.79 Å². The number of carbonyl (C=O) groups excluding carboxylic acids is 1. The monoisotopic (exact) mass is 362 g/mol. The fraction of sp³-hybridized carbons (Fsp3) is 0.150. The molecule has 0 aliphatic carbocycles. The van der Waals surface area contributed by atoms with Crippen molar-refractivity contribution in [3.8, 4) is 17.3 Å². The van der Waals surface area contributed by atoms with E-state index in [-0.39, 0.29) is 5.91 Å². The third-order valence-electron chi connectivity index (χ3n) is 3.90. The van der Waals surface area contributed by atoms with Crippen LogP contribution in [0.3, 0.4) is 0 Å². The number of thioether (sulfide) groups is 1. The smallest absolute Gasteiger partial charge is 0.225 e. The van der Waals surface area contributed by atoms with Crippen LogP contribution in [-0.2, 0) is 11.8 Å². The van der Waals surface area contributed by atoms with Gasteiger partial charge in [0.1, 0.15) is 6.07 Å². The summed E-state index contributed by atoms with van der Waals surface area (Å²) in [5.41, 5.74) is 3.17. The second-order valence-corrected chi connectivity index (χ2v) is 6.72. The lowest BCUT2D eigenvalue weighted by atomic mass is 10.2. The molecule has 1 amide bonds. The minimum absolute atomic E-state index is 0.113. The van der Waals surface area contributed by atoms with Crippen molar-refractivity contribution in [2.75, 3.05) is 11.1 Å². The van der Waals surface area contributed by atoms with Gasteiger partial charge in [0.25, 0.3) is 0 Å². The fourth-order valence-corrected chi connectivity index (χ4v) is 3.43. The molecule has 5 nitrogen and oxygen atoms in total. The summed E-state index contributed by atoms with van der Waals surface area (Å²) >= 11 is 1.54. The maximum atomic E-state index is 12.1. The number of anilines is 1. The standard InChI is InChI=1S/C20H18N4OS/c1-24-18(15-7-3-2-4-8-15)14-22-20(24)26-12-11-19(25)23-17-10-6-5-9-16(17)13-21/h2-10,14H,11-12H2,1H3,(H,23,25). The molecule has 0 saturated carbocycles. The van der Waals surface area contributed by atoms with Crippen molar-refractivity contribution in [2.45, 2.75) is 11.6 Å². The minimum atomic E-state index is -0.113. The van der Waals surface area contributed by atoms with Crippen LogP contribution in [0.4, 0.5) is 5.69 Å². The molecular formula is C20H18N4OS. The minimum Gasteiger partial charge on any atom is -0.325 e. The topological polar surface area (TPSA) is 70.7 Å². The highest BCUT2D eigenvalue weighted by Crippen LogP contribution is 2.25. The Morgan fingerprint density at radius 3 is 2.69 bits per heavy atom. The number of nitriles is 1. The Hall–Kier alpha value is -3.04. The predicted octanol–water partition coefficient (Wildman–Crippen LogP) is 4.08. The molecule has 2 aromatic carbocycles. The van der Waals surface area contributed by atoms with Crippen LogP contribution in [0.2, 0.25) is 0 Å². The molecule has 3 rings (SSSR count). The number of hydrogen-bond donors (Lipinski definition) is 1. The van der Waals surface area contributed by atoms with Gasteiger partial charge >= 0.3 is 0 Å². The molecule has 0 atom stereocenters. The molecule has 0 aliphatic rings. The van der Waals surface area contributed by atoms with E-state index >= 15 is 0 Å². The molecule has 0 fully saturated rings. The highest BCUT2D eigenvalue weighted by molar-refractivity contribution is 7.99. The summed E-state index contributed by atoms with van der Waals surface area (Å²) in [6.45, 7) is 0. The molecule has 130 valence electrons. The van der Waals surface area contributed by atoms with Crippen molar-refractivity contribution in [3.63, 3.8) is 0 Å². The SMILES string of the molecule is Cn1c(-c2ccccc2)cnc1SCCC(=O)Nc1ccccc1C#N. The second kappa shape index (κ2) is 8.37. The molecule has 0 radical (unpaired) electrons. The van der Waals surface area contributed by atoms with Gasteiger partial charge in [-0.1, -0.05) is 54.2 Å². The first-order chi connectivity index (χ1) is 12.7. The average Bonchev–Trinajstić information content (AvgIpc) is 3.03. The number of aromatic nitrogens is 2. The molecule has 0 saturated heterocycles. The molecule has 0 aliphatic heterocycles. The average molecular weight is 362 g/mol. The molecule has 26 heavy (non-hydrogen) atoms. The van der Waals surface area contributed by atoms with Gasteiger partial charge in [0, 0.05) is 19.2 Å². The highest BCUT2D eigenvalue weighted by Gasteiger charge is 2.11. The molecule has 1 N–H and O–H groups in total. The number of nitrogens with one attached hydrogen (secondary N) is 1. The van der Waals surface area contributed by atoms with Crippen molar-refractivity contribution in [2.24, 2.45) is 7.05 Å². The number of benzene rings is 2. The van der Waals surface area contributed by atoms with Crippen LogP contribution in [0, 0.1) is 11.3 Å². The molecule has 6 heteroatoms. The summed E-state index contributed by atoms with van der Waals surface area (Å²) in [6, 6.07) is 19.1. The summed E-state index contributed by atoms with van der Waals surface area (Å²) in [5, 5.41) is 12.7. The van der Waals surface area contributed by atoms with Gasteiger partial charge in [-0.05, 0) is 17.7 Å². The van der Waals surface area contributed by atoms with E-state index in [0.717, 1.165) is 16.4 Å². The highest BCUT2D eigenvalue weighted by atomic mass is 32.2. The molecule has 0 spiro atoms. The van der Waals surface area contributed by atoms with Crippen LogP contribution in [0.15, 0.2) is 66.0 Å². The number of hydrogen-bond acceptors (Lipinski definition) is 4. The zero-order valence-electron chi connectivity index (χ0n) is 14.3. The van der Waals surface area contributed by atoms with E-state index in [0.29, 0.717) is 23.4 Å². The summed E-state index contributed by atoms with van der Waals surface area (Å²) in [7, 11) is 1.97. The van der Waals surface area contributed by atoms with Crippen molar-refractivity contribution < 1.29 is 4.79 Å². The Morgan fingerprint density at radius 1 is 1.19 bits per heavy atom. The van der Waals surface area contributed by atoms with Crippen molar-refractivity contribution in [1.29, 1.82) is 5.26 Å². The van der Waals surface area contributed by atoms with E-state index < -0.39 is 0 Å². The Morgan fingerprint density at radius 2 is 1.92 bits per heavy atom. The van der Waals surface area contributed by atoms with E-state index in [1.54, 1.807) is 24.3 Å². The van der Waals surface area contributed by atoms with Crippen molar-refractivity contribution >= 4 is 23.4 Å². The normalized spacial score (nSPS) is 10.3. The number of imidazole rings is 1. The Kier molecular flexibility index (Phi) is 5.72. The first kappa shape index (κ1) is 17.8. The quantitative estimate of drug-likeness (QED) is 0.671. The van der Waals surface area contributed by atoms with Gasteiger partial charge in [-0.25, -0.2) is 4.98 Å². The first-order valence-electron chi connectivity index (χ1n) is 8.18. The van der Waals surface area contributed by atoms with Gasteiger partial charge in [0.05, 0.1) is 23.1 Å². The van der Waals surface area contributed by atoms with Crippen molar-refractivity contribution in [3.05, 3.63) is 66.4 Å². The lowest BCUT2D eigenvalue weighted by molar-refractivity contribution is -0.115. The maximum absolute atomic E-state index is 12.1. The number of amides is 1. The maximum Gasteiger partial charge on any atom is 0.225 e. The first-order valence-corrected chi connectivity index (χ1v) is 9.16. The van der Waals surface area contributed by atoms with Crippen LogP contribution in [0.1, 0.15) is 12.0 Å². The van der Waals surface area contributed by atoms with Gasteiger partial charge in [0.2, 0.25) is 5.91 Å². The Labute approximate surface area is 156 Å². The van der Waals surface area contributed by atoms with E-state index in [1.165, 1.54) is 11.8 Å². The molecule has 0 unspecified atom stereocenters. The Balaban J connectivity index is 1.56. The van der Waals surface area contributed by atoms with Gasteiger partial charge < -0.3 is 9.88 Å². The lowest BCUT2D eigenvalue weighted by Crippen LogP contribution is -2.13. The second-order valence-electron chi connectivity index (χ2n) is 5.66. The summed E-state index contributed by atoms with van der Waals surface area (Å²) in [5.74, 6) is 0.498. The summed E-state index contributed by atoms with van der Waals surface area (Å²) < 4.78 is 2.03. The zero-order valence-corrected chi connectivity index (χ0v) is 15.2. The van der Waals surface area contributed by atoms with Crippen LogP contribution in [0.25, 0.3) is 11.3 Å². The van der Waals surface area contributed by atoms with Crippen LogP contribution >= 0.6 is 11.8 Å². The largest absolute Gasteiger partial charge is 0.325 e. The lowest BCUT2D eigenvalue weighted by Gasteiger charge is -2.07. The van der Waals surface area contributed by atoms with Gasteiger partial charge in [-0.3, -0.25) is 4.79 Å². The molecule has 3 aromatic rings. The predicted molar refractivity (Wildman–Crippen MR) is 104 cm³/mol. The van der Waals surface area contributed by atoms with Crippen LogP contribution in [0.5, 0.6) is 0 Å². The van der Waals surface area contributed by atoms with E-state index in [1.807, 2.05) is 48.1 Å². The summed E-state index contributed by atoms with van der Waals surface area (Å²) in [6.07, 6.45) is 2.19. The molecule has 1 aromatic heterocycles. The number of rotatable bonds is 6. The summed E-state index contributed by atoms with van der Waals surface area (Å²) in [4.78, 5) is 16.6. The van der Waals surface area contributed by atoms with E-state index in [4.69, 9.17) is 5.26 Å². The molecular weight excluding hydrogens is 344 g/mol. The molecule has 0 bridgehead atoms. The fourth-order valence-electron chi connectivity index (χ4n) is 2.54. The number of carbonyl (C=O) groups is 1.